The van der Waals surface area contributed by atoms with E-state index < -0.39 is 220 Å². The second kappa shape index (κ2) is 16.7. The quantitative estimate of drug-likeness (QED) is 0.107. The van der Waals surface area contributed by atoms with E-state index in [4.69, 9.17) is 37.2 Å². The first-order valence-electron chi connectivity index (χ1n) is 33.0. The molecule has 0 fully saturated rings. The van der Waals surface area contributed by atoms with E-state index in [1.165, 1.54) is 0 Å². The molecule has 0 unspecified atom stereocenters. The molecule has 13 aromatic rings. The summed E-state index contributed by atoms with van der Waals surface area (Å²) in [5.74, 6) is -1.61. The van der Waals surface area contributed by atoms with Gasteiger partial charge in [-0.05, 0) is 74.2 Å². The van der Waals surface area contributed by atoms with Crippen LogP contribution in [-0.2, 0) is 0 Å². The van der Waals surface area contributed by atoms with Gasteiger partial charge in [-0.1, -0.05) is 212 Å². The Morgan fingerprint density at radius 2 is 0.826 bits per heavy atom. The zero-order valence-corrected chi connectivity index (χ0v) is 36.7. The van der Waals surface area contributed by atoms with E-state index in [9.17, 15) is 13.7 Å². The van der Waals surface area contributed by atoms with E-state index in [-0.39, 0.29) is 22.2 Å². The lowest BCUT2D eigenvalue weighted by Gasteiger charge is -2.34. The molecule has 324 valence electrons. The molecule has 69 heavy (non-hydrogen) atoms. The molecule has 13 rings (SSSR count). The summed E-state index contributed by atoms with van der Waals surface area (Å²) < 4.78 is 216. The number of fused-ring (bicyclic) bond motifs is 6. The Morgan fingerprint density at radius 1 is 0.362 bits per heavy atom. The fourth-order valence-corrected chi connectivity index (χ4v) is 13.7. The van der Waals surface area contributed by atoms with Crippen molar-refractivity contribution >= 4 is 72.6 Å². The molecule has 0 atom stereocenters. The average Bonchev–Trinajstić information content (AvgIpc) is 1.50. The molecular weight excluding hydrogens is 857 g/mol. The fraction of sp³-hybridized carbons (Fsp3) is 0. The summed E-state index contributed by atoms with van der Waals surface area (Å²) in [6.07, 6.45) is 0. The number of benzene rings is 10. The molecule has 0 radical (unpaired) electrons. The third-order valence-electron chi connectivity index (χ3n) is 12.0. The van der Waals surface area contributed by atoms with Crippen molar-refractivity contribution in [3.63, 3.8) is 0 Å². The highest BCUT2D eigenvalue weighted by molar-refractivity contribution is 7.19. The van der Waals surface area contributed by atoms with Gasteiger partial charge < -0.3 is 8.98 Å². The lowest BCUT2D eigenvalue weighted by molar-refractivity contribution is 0.669. The van der Waals surface area contributed by atoms with E-state index in [1.54, 1.807) is 12.1 Å². The van der Waals surface area contributed by atoms with Crippen LogP contribution in [0.25, 0.3) is 94.7 Å². The summed E-state index contributed by atoms with van der Waals surface area (Å²) >= 11 is 0. The van der Waals surface area contributed by atoms with Crippen LogP contribution in [-0.4, -0.2) is 27.6 Å². The van der Waals surface area contributed by atoms with E-state index in [2.05, 4.69) is 36.4 Å². The van der Waals surface area contributed by atoms with Gasteiger partial charge in [-0.2, -0.15) is 0 Å². The lowest BCUT2D eigenvalue weighted by Crippen LogP contribution is -2.74. The van der Waals surface area contributed by atoms with Crippen LogP contribution in [0.2, 0.25) is 0 Å². The normalized spacial score (nSPS) is 16.4. The summed E-state index contributed by atoms with van der Waals surface area (Å²) in [5.41, 5.74) is -5.06. The van der Waals surface area contributed by atoms with Crippen molar-refractivity contribution in [2.75, 3.05) is 0 Å². The van der Waals surface area contributed by atoms with Gasteiger partial charge in [0.2, 0.25) is 0 Å². The van der Waals surface area contributed by atoms with Crippen molar-refractivity contribution < 1.29 is 35.9 Å². The molecule has 6 heteroatoms. The maximum absolute atomic E-state index is 9.70. The van der Waals surface area contributed by atoms with Gasteiger partial charge in [0, 0.05) is 38.2 Å². The average molecular weight is 922 g/mol. The highest BCUT2D eigenvalue weighted by atomic mass is 28.3. The first-order valence-corrected chi connectivity index (χ1v) is 23.5. The Bertz CT molecular complexity index is 5180. The fourth-order valence-electron chi connectivity index (χ4n) is 8.91. The molecule has 0 aliphatic heterocycles. The van der Waals surface area contributed by atoms with E-state index in [0.717, 1.165) is 25.3 Å². The molecular formula is C63H42N4OSi. The largest absolute Gasteiger partial charge is 0.456 e. The Morgan fingerprint density at radius 3 is 1.45 bits per heavy atom. The van der Waals surface area contributed by atoms with Crippen LogP contribution in [0.3, 0.4) is 0 Å². The summed E-state index contributed by atoms with van der Waals surface area (Å²) in [7, 11) is -3.21. The van der Waals surface area contributed by atoms with Gasteiger partial charge in [0.25, 0.3) is 0 Å². The smallest absolute Gasteiger partial charge is 0.179 e. The second-order valence-electron chi connectivity index (χ2n) is 15.7. The van der Waals surface area contributed by atoms with Crippen molar-refractivity contribution in [3.8, 4) is 51.0 Å². The number of nitrogens with zero attached hydrogens (tertiary/aromatic N) is 4. The van der Waals surface area contributed by atoms with Crippen LogP contribution in [0.4, 0.5) is 0 Å². The zero-order valence-electron chi connectivity index (χ0n) is 58.7. The van der Waals surface area contributed by atoms with E-state index >= 15 is 0 Å². The first-order chi connectivity index (χ1) is 43.8. The molecule has 0 saturated heterocycles. The van der Waals surface area contributed by atoms with E-state index in [0.29, 0.717) is 0 Å². The molecule has 0 amide bonds. The van der Waals surface area contributed by atoms with Crippen molar-refractivity contribution in [1.82, 2.24) is 19.5 Å². The Hall–Kier alpha value is -8.97. The molecule has 0 bridgehead atoms. The Kier molecular flexibility index (Phi) is 5.61. The van der Waals surface area contributed by atoms with Gasteiger partial charge >= 0.3 is 0 Å². The number of aromatic nitrogens is 4. The van der Waals surface area contributed by atoms with Crippen molar-refractivity contribution in [1.29, 1.82) is 0 Å². The van der Waals surface area contributed by atoms with Gasteiger partial charge in [0.15, 0.2) is 25.5 Å². The summed E-state index contributed by atoms with van der Waals surface area (Å²) in [5, 5.41) is 2.47. The van der Waals surface area contributed by atoms with Crippen molar-refractivity contribution in [3.05, 3.63) is 254 Å². The van der Waals surface area contributed by atoms with Crippen LogP contribution in [0.15, 0.2) is 259 Å². The molecule has 0 N–H and O–H groups in total. The molecule has 5 nitrogen and oxygen atoms in total. The molecule has 0 saturated carbocycles. The van der Waals surface area contributed by atoms with Crippen LogP contribution >= 0.6 is 0 Å². The molecule has 10 aromatic carbocycles. The third-order valence-corrected chi connectivity index (χ3v) is 16.8. The third kappa shape index (κ3) is 6.80. The maximum atomic E-state index is 9.70. The molecule has 0 aliphatic carbocycles. The number of hydrogen-bond donors (Lipinski definition) is 0. The van der Waals surface area contributed by atoms with E-state index in [1.807, 2.05) is 66.7 Å². The second-order valence-corrected chi connectivity index (χ2v) is 19.6. The maximum Gasteiger partial charge on any atom is 0.179 e. The van der Waals surface area contributed by atoms with Gasteiger partial charge in [-0.15, -0.1) is 0 Å². The van der Waals surface area contributed by atoms with Gasteiger partial charge in [-0.25, -0.2) is 15.0 Å². The van der Waals surface area contributed by atoms with Crippen LogP contribution < -0.4 is 20.7 Å². The first kappa shape index (κ1) is 23.2. The molecule has 0 aliphatic rings. The van der Waals surface area contributed by atoms with Crippen LogP contribution in [0.1, 0.15) is 31.5 Å². The summed E-state index contributed by atoms with van der Waals surface area (Å²) in [6.45, 7) is 0. The standard InChI is InChI=1S/C63H42N4OSi/c1-4-18-47(19-5-1)69(48-20-6-2-7-21-48,49-22-8-3-9-23-49)50-39-36-45(37-40-50)62-64-61(44-34-32-43(33-35-44)46-38-41-54-53-26-13-17-31-59(53)68-60(54)42-46)65-63(66-62)55-27-12-16-30-58(55)67-56-28-14-10-24-51(56)52-25-11-15-29-57(52)67/h1-42H/i10D,11D,12D,13D,14D,15D,16D,17D,24D,25D,26D,27D,28D,29D,30D,31D,32D,33D,34D,35D,38D,41D,42D. The highest BCUT2D eigenvalue weighted by Gasteiger charge is 2.41. The zero-order chi connectivity index (χ0) is 65.7. The highest BCUT2D eigenvalue weighted by Crippen LogP contribution is 2.37. The summed E-state index contributed by atoms with van der Waals surface area (Å²) in [6, 6.07) is 18.6. The summed E-state index contributed by atoms with van der Waals surface area (Å²) in [4.78, 5) is 14.4. The Balaban J connectivity index is 1.13. The van der Waals surface area contributed by atoms with Crippen LogP contribution in [0.5, 0.6) is 0 Å². The SMILES string of the molecule is [2H]c1c([2H])c([2H])c(-n2c3c([2H])c([2H])c([2H])c([2H])c3c3c([2H])c([2H])c([2H])c([2H])c32)c(-c2nc(-c3ccc([Si](c4ccccc4)(c4ccccc4)c4ccccc4)cc3)nc(-c3c([2H])c([2H])c(-c4c([2H])c([2H])c5c(oc6c([2H])c([2H])c([2H])c([2H])c65)c4[2H])c([2H])c3[2H])n2)c1[2H]. The predicted molar refractivity (Wildman–Crippen MR) is 287 cm³/mol. The lowest BCUT2D eigenvalue weighted by atomic mass is 10.0. The topological polar surface area (TPSA) is 56.7 Å². The predicted octanol–water partition coefficient (Wildman–Crippen LogP) is 12.9. The molecule has 0 spiro atoms. The minimum atomic E-state index is -3.21. The van der Waals surface area contributed by atoms with Gasteiger partial charge in [0.1, 0.15) is 11.2 Å². The number of para-hydroxylation sites is 4. The monoisotopic (exact) mass is 921 g/mol. The minimum absolute atomic E-state index is 0.201. The molecule has 3 heterocycles. The van der Waals surface area contributed by atoms with Crippen molar-refractivity contribution in [2.24, 2.45) is 0 Å². The number of hydrogen-bond acceptors (Lipinski definition) is 4. The molecule has 3 aromatic heterocycles. The number of furan rings is 1. The van der Waals surface area contributed by atoms with Gasteiger partial charge in [-0.3, -0.25) is 0 Å². The number of rotatable bonds is 9. The van der Waals surface area contributed by atoms with Crippen molar-refractivity contribution in [2.45, 2.75) is 0 Å². The van der Waals surface area contributed by atoms with Crippen LogP contribution in [0, 0.1) is 0 Å². The van der Waals surface area contributed by atoms with Gasteiger partial charge in [0.05, 0.1) is 48.2 Å². The Labute approximate surface area is 432 Å². The minimum Gasteiger partial charge on any atom is -0.456 e.